The Morgan fingerprint density at radius 1 is 1.32 bits per heavy atom. The fraction of sp³-hybridized carbons (Fsp3) is 0.800. The van der Waals surface area contributed by atoms with Crippen molar-refractivity contribution in [3.05, 3.63) is 10.6 Å². The minimum absolute atomic E-state index is 0.159. The van der Waals surface area contributed by atoms with Crippen LogP contribution in [0.2, 0.25) is 0 Å². The number of rotatable bonds is 5. The van der Waals surface area contributed by atoms with Crippen LogP contribution in [-0.2, 0) is 4.79 Å². The molecule has 0 saturated carbocycles. The predicted molar refractivity (Wildman–Crippen MR) is 84.1 cm³/mol. The monoisotopic (exact) mass is 284 g/mol. The first-order valence-corrected chi connectivity index (χ1v) is 8.29. The molecule has 19 heavy (non-hydrogen) atoms. The number of nitrogens with one attached hydrogen (secondary N) is 1. The third-order valence-corrected chi connectivity index (χ3v) is 4.56. The van der Waals surface area contributed by atoms with E-state index in [1.807, 2.05) is 25.6 Å². The summed E-state index contributed by atoms with van der Waals surface area (Å²) in [6.07, 6.45) is 2.72. The van der Waals surface area contributed by atoms with Gasteiger partial charge in [-0.25, -0.2) is 0 Å². The smallest absolute Gasteiger partial charge is 0.220 e. The van der Waals surface area contributed by atoms with E-state index in [4.69, 9.17) is 0 Å². The highest BCUT2D eigenvalue weighted by molar-refractivity contribution is 8.03. The fourth-order valence-corrected chi connectivity index (χ4v) is 3.53. The molecule has 4 heteroatoms. The maximum atomic E-state index is 11.7. The molecule has 1 rings (SSSR count). The second-order valence-electron chi connectivity index (χ2n) is 5.80. The highest BCUT2D eigenvalue weighted by Gasteiger charge is 2.20. The Labute approximate surface area is 122 Å². The molecule has 0 bridgehead atoms. The first-order valence-electron chi connectivity index (χ1n) is 7.30. The van der Waals surface area contributed by atoms with Crippen LogP contribution < -0.4 is 5.32 Å². The normalized spacial score (nSPS) is 19.0. The number of carbonyl (C=O) groups is 1. The van der Waals surface area contributed by atoms with Gasteiger partial charge in [0.25, 0.3) is 0 Å². The molecular weight excluding hydrogens is 256 g/mol. The maximum Gasteiger partial charge on any atom is 0.220 e. The van der Waals surface area contributed by atoms with E-state index in [1.54, 1.807) is 0 Å². The number of carbonyl (C=O) groups excluding carboxylic acids is 1. The molecule has 0 spiro atoms. The second-order valence-corrected chi connectivity index (χ2v) is 6.88. The topological polar surface area (TPSA) is 32.3 Å². The summed E-state index contributed by atoms with van der Waals surface area (Å²) in [5, 5.41) is 4.35. The first-order chi connectivity index (χ1) is 8.91. The minimum atomic E-state index is 0.159. The van der Waals surface area contributed by atoms with Crippen LogP contribution in [-0.4, -0.2) is 35.2 Å². The molecule has 0 atom stereocenters. The molecular formula is C15H28N2OS. The van der Waals surface area contributed by atoms with Gasteiger partial charge in [0.15, 0.2) is 0 Å². The van der Waals surface area contributed by atoms with E-state index in [9.17, 15) is 4.79 Å². The van der Waals surface area contributed by atoms with E-state index in [2.05, 4.69) is 31.0 Å². The van der Waals surface area contributed by atoms with Crippen molar-refractivity contribution in [3.8, 4) is 0 Å². The van der Waals surface area contributed by atoms with Crippen LogP contribution in [0.15, 0.2) is 10.6 Å². The van der Waals surface area contributed by atoms with Crippen LogP contribution in [0.3, 0.4) is 0 Å². The van der Waals surface area contributed by atoms with Crippen LogP contribution in [0.4, 0.5) is 0 Å². The molecule has 1 heterocycles. The summed E-state index contributed by atoms with van der Waals surface area (Å²) in [7, 11) is 0. The van der Waals surface area contributed by atoms with Crippen molar-refractivity contribution < 1.29 is 4.79 Å². The van der Waals surface area contributed by atoms with Crippen molar-refractivity contribution in [1.29, 1.82) is 0 Å². The van der Waals surface area contributed by atoms with Crippen molar-refractivity contribution in [2.45, 2.75) is 66.0 Å². The standard InChI is InChI=1S/C15H28N2OS/c1-11(2)16-14(18)8-7-13(5)15-17(12(3)4)9-6-10-19-15/h11-12H,6-10H2,1-5H3,(H,16,18)/b15-13+. The molecule has 3 nitrogen and oxygen atoms in total. The molecule has 1 N–H and O–H groups in total. The van der Waals surface area contributed by atoms with Crippen LogP contribution in [0, 0.1) is 0 Å². The molecule has 0 unspecified atom stereocenters. The van der Waals surface area contributed by atoms with Gasteiger partial charge in [-0.05, 0) is 53.0 Å². The van der Waals surface area contributed by atoms with Gasteiger partial charge >= 0.3 is 0 Å². The van der Waals surface area contributed by atoms with E-state index in [-0.39, 0.29) is 11.9 Å². The lowest BCUT2D eigenvalue weighted by Gasteiger charge is -2.36. The highest BCUT2D eigenvalue weighted by Crippen LogP contribution is 2.32. The number of hydrogen-bond donors (Lipinski definition) is 1. The Morgan fingerprint density at radius 3 is 2.58 bits per heavy atom. The summed E-state index contributed by atoms with van der Waals surface area (Å²) in [5.74, 6) is 1.36. The largest absolute Gasteiger partial charge is 0.364 e. The Kier molecular flexibility index (Phi) is 6.76. The number of thioether (sulfide) groups is 1. The van der Waals surface area contributed by atoms with Crippen molar-refractivity contribution in [2.24, 2.45) is 0 Å². The maximum absolute atomic E-state index is 11.7. The van der Waals surface area contributed by atoms with E-state index >= 15 is 0 Å². The molecule has 1 aliphatic rings. The first kappa shape index (κ1) is 16.4. The molecule has 0 aliphatic carbocycles. The van der Waals surface area contributed by atoms with Gasteiger partial charge in [0.05, 0.1) is 5.03 Å². The SMILES string of the molecule is C/C(CCC(=O)NC(C)C)=C1\SCCCN1C(C)C. The Balaban J connectivity index is 2.59. The van der Waals surface area contributed by atoms with Crippen LogP contribution >= 0.6 is 11.8 Å². The molecule has 0 radical (unpaired) electrons. The van der Waals surface area contributed by atoms with Crippen LogP contribution in [0.5, 0.6) is 0 Å². The number of hydrogen-bond acceptors (Lipinski definition) is 3. The number of amides is 1. The highest BCUT2D eigenvalue weighted by atomic mass is 32.2. The fourth-order valence-electron chi connectivity index (χ4n) is 2.25. The molecule has 1 amide bonds. The number of allylic oxidation sites excluding steroid dienone is 1. The lowest BCUT2D eigenvalue weighted by Crippen LogP contribution is -2.34. The molecule has 0 aromatic heterocycles. The van der Waals surface area contributed by atoms with Gasteiger partial charge in [-0.3, -0.25) is 4.79 Å². The lowest BCUT2D eigenvalue weighted by molar-refractivity contribution is -0.121. The van der Waals surface area contributed by atoms with E-state index in [0.29, 0.717) is 12.5 Å². The average molecular weight is 284 g/mol. The van der Waals surface area contributed by atoms with Crippen molar-refractivity contribution >= 4 is 17.7 Å². The molecule has 0 aromatic rings. The van der Waals surface area contributed by atoms with Crippen molar-refractivity contribution in [1.82, 2.24) is 10.2 Å². The quantitative estimate of drug-likeness (QED) is 0.840. The second kappa shape index (κ2) is 7.83. The van der Waals surface area contributed by atoms with Crippen LogP contribution in [0.1, 0.15) is 53.9 Å². The Morgan fingerprint density at radius 2 is 2.00 bits per heavy atom. The predicted octanol–water partition coefficient (Wildman–Crippen LogP) is 3.37. The minimum Gasteiger partial charge on any atom is -0.364 e. The number of nitrogens with zero attached hydrogens (tertiary/aromatic N) is 1. The van der Waals surface area contributed by atoms with E-state index in [1.165, 1.54) is 22.8 Å². The van der Waals surface area contributed by atoms with E-state index in [0.717, 1.165) is 13.0 Å². The van der Waals surface area contributed by atoms with Gasteiger partial charge in [0.2, 0.25) is 5.91 Å². The van der Waals surface area contributed by atoms with Crippen molar-refractivity contribution in [3.63, 3.8) is 0 Å². The summed E-state index contributed by atoms with van der Waals surface area (Å²) in [6.45, 7) is 11.8. The zero-order chi connectivity index (χ0) is 14.4. The summed E-state index contributed by atoms with van der Waals surface area (Å²) in [5.41, 5.74) is 1.36. The lowest BCUT2D eigenvalue weighted by atomic mass is 10.1. The zero-order valence-corrected chi connectivity index (χ0v) is 13.8. The summed E-state index contributed by atoms with van der Waals surface area (Å²) in [6, 6.07) is 0.777. The van der Waals surface area contributed by atoms with Gasteiger partial charge in [0.1, 0.15) is 0 Å². The third-order valence-electron chi connectivity index (χ3n) is 3.21. The molecule has 1 fully saturated rings. The summed E-state index contributed by atoms with van der Waals surface area (Å²) >= 11 is 1.95. The van der Waals surface area contributed by atoms with Gasteiger partial charge in [0, 0.05) is 30.8 Å². The van der Waals surface area contributed by atoms with Crippen LogP contribution in [0.25, 0.3) is 0 Å². The van der Waals surface area contributed by atoms with Gasteiger partial charge in [-0.15, -0.1) is 11.8 Å². The molecule has 1 saturated heterocycles. The third kappa shape index (κ3) is 5.47. The molecule has 1 aliphatic heterocycles. The zero-order valence-electron chi connectivity index (χ0n) is 13.0. The van der Waals surface area contributed by atoms with Gasteiger partial charge in [-0.2, -0.15) is 0 Å². The summed E-state index contributed by atoms with van der Waals surface area (Å²) < 4.78 is 0. The van der Waals surface area contributed by atoms with Gasteiger partial charge < -0.3 is 10.2 Å². The van der Waals surface area contributed by atoms with Gasteiger partial charge in [-0.1, -0.05) is 0 Å². The summed E-state index contributed by atoms with van der Waals surface area (Å²) in [4.78, 5) is 14.2. The Bertz CT molecular complexity index is 337. The molecule has 0 aromatic carbocycles. The Hall–Kier alpha value is -0.640. The van der Waals surface area contributed by atoms with Crippen molar-refractivity contribution in [2.75, 3.05) is 12.3 Å². The molecule has 110 valence electrons. The average Bonchev–Trinajstić information content (AvgIpc) is 2.35. The van der Waals surface area contributed by atoms with E-state index < -0.39 is 0 Å².